The van der Waals surface area contributed by atoms with Crippen LogP contribution in [0.1, 0.15) is 30.7 Å². The number of carbonyl (C=O) groups excluding carboxylic acids is 1. The summed E-state index contributed by atoms with van der Waals surface area (Å²) in [4.78, 5) is 12.2. The molecule has 0 aliphatic carbocycles. The molecule has 1 aromatic carbocycles. The summed E-state index contributed by atoms with van der Waals surface area (Å²) < 4.78 is 27.6. The maximum atomic E-state index is 12.6. The van der Waals surface area contributed by atoms with Crippen molar-refractivity contribution in [2.24, 2.45) is 0 Å². The summed E-state index contributed by atoms with van der Waals surface area (Å²) in [5.74, 6) is -0.139. The number of anilines is 1. The summed E-state index contributed by atoms with van der Waals surface area (Å²) in [6.07, 6.45) is 0.346. The summed E-state index contributed by atoms with van der Waals surface area (Å²) >= 11 is 1.36. The van der Waals surface area contributed by atoms with Crippen molar-refractivity contribution in [2.75, 3.05) is 11.9 Å². The molecule has 0 fully saturated rings. The van der Waals surface area contributed by atoms with Gasteiger partial charge >= 0.3 is 0 Å². The van der Waals surface area contributed by atoms with E-state index in [9.17, 15) is 18.3 Å². The molecule has 0 bridgehead atoms. The summed E-state index contributed by atoms with van der Waals surface area (Å²) in [5.41, 5.74) is -0.226. The zero-order valence-corrected chi connectivity index (χ0v) is 16.0. The van der Waals surface area contributed by atoms with E-state index in [1.807, 2.05) is 5.38 Å². The van der Waals surface area contributed by atoms with Gasteiger partial charge in [0.05, 0.1) is 4.90 Å². The average Bonchev–Trinajstić information content (AvgIpc) is 3.08. The summed E-state index contributed by atoms with van der Waals surface area (Å²) in [5, 5.41) is 15.0. The van der Waals surface area contributed by atoms with Gasteiger partial charge in [-0.1, -0.05) is 13.0 Å². The second-order valence-corrected chi connectivity index (χ2v) is 8.64. The first-order valence-corrected chi connectivity index (χ1v) is 10.2. The van der Waals surface area contributed by atoms with Crippen LogP contribution in [0.2, 0.25) is 0 Å². The van der Waals surface area contributed by atoms with Crippen LogP contribution < -0.4 is 10.0 Å². The van der Waals surface area contributed by atoms with Gasteiger partial charge < -0.3 is 10.4 Å². The number of thiophene rings is 1. The molecule has 6 nitrogen and oxygen atoms in total. The lowest BCUT2D eigenvalue weighted by atomic mass is 10.1. The van der Waals surface area contributed by atoms with E-state index in [0.717, 1.165) is 0 Å². The number of rotatable bonds is 7. The molecule has 136 valence electrons. The molecule has 3 N–H and O–H groups in total. The van der Waals surface area contributed by atoms with Crippen molar-refractivity contribution < 1.29 is 18.3 Å². The monoisotopic (exact) mass is 382 g/mol. The van der Waals surface area contributed by atoms with Crippen LogP contribution in [0.5, 0.6) is 0 Å². The Morgan fingerprint density at radius 1 is 1.32 bits per heavy atom. The van der Waals surface area contributed by atoms with E-state index in [0.29, 0.717) is 22.5 Å². The second kappa shape index (κ2) is 7.65. The van der Waals surface area contributed by atoms with E-state index in [-0.39, 0.29) is 17.3 Å². The molecule has 0 radical (unpaired) electrons. The number of hydrogen-bond donors (Lipinski definition) is 3. The fourth-order valence-corrected chi connectivity index (χ4v) is 4.41. The van der Waals surface area contributed by atoms with Crippen LogP contribution in [-0.2, 0) is 20.4 Å². The average molecular weight is 383 g/mol. The van der Waals surface area contributed by atoms with Crippen molar-refractivity contribution in [3.05, 3.63) is 46.2 Å². The molecule has 8 heteroatoms. The molecule has 1 atom stereocenters. The van der Waals surface area contributed by atoms with Gasteiger partial charge in [0.15, 0.2) is 0 Å². The molecule has 25 heavy (non-hydrogen) atoms. The predicted molar refractivity (Wildman–Crippen MR) is 99.2 cm³/mol. The van der Waals surface area contributed by atoms with Gasteiger partial charge in [0, 0.05) is 23.5 Å². The second-order valence-electron chi connectivity index (χ2n) is 5.96. The lowest BCUT2D eigenvalue weighted by molar-refractivity contribution is -0.115. The highest BCUT2D eigenvalue weighted by molar-refractivity contribution is 7.89. The number of nitrogens with one attached hydrogen (secondary N) is 2. The lowest BCUT2D eigenvalue weighted by Gasteiger charge is -2.22. The molecule has 0 aliphatic rings. The van der Waals surface area contributed by atoms with E-state index in [4.69, 9.17) is 0 Å². The van der Waals surface area contributed by atoms with E-state index in [1.165, 1.54) is 17.4 Å². The molecule has 2 aromatic rings. The van der Waals surface area contributed by atoms with Crippen LogP contribution in [0.15, 0.2) is 40.6 Å². The summed E-state index contributed by atoms with van der Waals surface area (Å²) in [6.45, 7) is 4.83. The summed E-state index contributed by atoms with van der Waals surface area (Å²) in [7, 11) is -3.78. The number of hydrogen-bond acceptors (Lipinski definition) is 5. The SMILES string of the molecule is CCC(=O)Nc1ccc(S(=O)(=O)NCC(C)(O)c2cccs2)c(C)c1. The maximum absolute atomic E-state index is 12.6. The molecule has 0 saturated heterocycles. The molecule has 0 aliphatic heterocycles. The largest absolute Gasteiger partial charge is 0.383 e. The molecule has 0 saturated carbocycles. The third-order valence-corrected chi connectivity index (χ3v) is 6.41. The first-order chi connectivity index (χ1) is 11.7. The van der Waals surface area contributed by atoms with Crippen LogP contribution in [0.4, 0.5) is 5.69 Å². The topological polar surface area (TPSA) is 95.5 Å². The number of aryl methyl sites for hydroxylation is 1. The fourth-order valence-electron chi connectivity index (χ4n) is 2.26. The van der Waals surface area contributed by atoms with Crippen molar-refractivity contribution in [2.45, 2.75) is 37.7 Å². The first-order valence-electron chi connectivity index (χ1n) is 7.82. The quantitative estimate of drug-likeness (QED) is 0.686. The van der Waals surface area contributed by atoms with E-state index in [1.54, 1.807) is 45.0 Å². The highest BCUT2D eigenvalue weighted by atomic mass is 32.2. The van der Waals surface area contributed by atoms with Crippen molar-refractivity contribution in [1.29, 1.82) is 0 Å². The maximum Gasteiger partial charge on any atom is 0.240 e. The van der Waals surface area contributed by atoms with Crippen molar-refractivity contribution in [1.82, 2.24) is 4.72 Å². The molecular weight excluding hydrogens is 360 g/mol. The molecule has 1 unspecified atom stereocenters. The Morgan fingerprint density at radius 3 is 2.60 bits per heavy atom. The summed E-state index contributed by atoms with van der Waals surface area (Å²) in [6, 6.07) is 8.17. The Hall–Kier alpha value is -1.74. The van der Waals surface area contributed by atoms with E-state index >= 15 is 0 Å². The minimum absolute atomic E-state index is 0.115. The minimum atomic E-state index is -3.78. The minimum Gasteiger partial charge on any atom is -0.383 e. The number of sulfonamides is 1. The highest BCUT2D eigenvalue weighted by Crippen LogP contribution is 2.26. The van der Waals surface area contributed by atoms with Gasteiger partial charge in [0.2, 0.25) is 15.9 Å². The predicted octanol–water partition coefficient (Wildman–Crippen LogP) is 2.59. The Morgan fingerprint density at radius 2 is 2.04 bits per heavy atom. The number of benzene rings is 1. The molecule has 1 heterocycles. The number of carbonyl (C=O) groups is 1. The van der Waals surface area contributed by atoms with Crippen molar-refractivity contribution >= 4 is 33.0 Å². The first kappa shape index (κ1) is 19.6. The Balaban J connectivity index is 2.15. The van der Waals surface area contributed by atoms with Gasteiger partial charge in [-0.15, -0.1) is 11.3 Å². The fraction of sp³-hybridized carbons (Fsp3) is 0.353. The van der Waals surface area contributed by atoms with Crippen molar-refractivity contribution in [3.63, 3.8) is 0 Å². The molecule has 0 spiro atoms. The van der Waals surface area contributed by atoms with Gasteiger partial charge in [-0.2, -0.15) is 0 Å². The zero-order chi connectivity index (χ0) is 18.7. The van der Waals surface area contributed by atoms with E-state index in [2.05, 4.69) is 10.0 Å². The van der Waals surface area contributed by atoms with Crippen molar-refractivity contribution in [3.8, 4) is 0 Å². The van der Waals surface area contributed by atoms with Crippen LogP contribution in [0.25, 0.3) is 0 Å². The standard InChI is InChI=1S/C17H22N2O4S2/c1-4-16(20)19-13-7-8-14(12(2)10-13)25(22,23)18-11-17(3,21)15-6-5-9-24-15/h5-10,18,21H,4,11H2,1-3H3,(H,19,20). The van der Waals surface area contributed by atoms with Gasteiger partial charge in [0.1, 0.15) is 5.60 Å². The Kier molecular flexibility index (Phi) is 5.99. The third kappa shape index (κ3) is 4.88. The van der Waals surface area contributed by atoms with Crippen LogP contribution in [0.3, 0.4) is 0 Å². The van der Waals surface area contributed by atoms with Crippen LogP contribution >= 0.6 is 11.3 Å². The van der Waals surface area contributed by atoms with Gasteiger partial charge in [-0.25, -0.2) is 13.1 Å². The Labute approximate surface area is 151 Å². The van der Waals surface area contributed by atoms with Gasteiger partial charge in [0.25, 0.3) is 0 Å². The highest BCUT2D eigenvalue weighted by Gasteiger charge is 2.27. The number of amides is 1. The Bertz CT molecular complexity index is 844. The number of aliphatic hydroxyl groups is 1. The normalized spacial score (nSPS) is 14.1. The smallest absolute Gasteiger partial charge is 0.240 e. The van der Waals surface area contributed by atoms with E-state index < -0.39 is 15.6 Å². The molecular formula is C17H22N2O4S2. The molecule has 1 aromatic heterocycles. The lowest BCUT2D eigenvalue weighted by Crippen LogP contribution is -2.38. The van der Waals surface area contributed by atoms with Crippen LogP contribution in [0, 0.1) is 6.92 Å². The van der Waals surface area contributed by atoms with Gasteiger partial charge in [-0.05, 0) is 49.1 Å². The molecule has 2 rings (SSSR count). The third-order valence-electron chi connectivity index (χ3n) is 3.73. The van der Waals surface area contributed by atoms with Crippen LogP contribution in [-0.4, -0.2) is 26.0 Å². The van der Waals surface area contributed by atoms with Gasteiger partial charge in [-0.3, -0.25) is 4.79 Å². The zero-order valence-electron chi connectivity index (χ0n) is 14.4. The molecule has 1 amide bonds.